The molecule has 5 nitrogen and oxygen atoms in total. The van der Waals surface area contributed by atoms with E-state index in [0.29, 0.717) is 18.2 Å². The molecular formula is C12H19N3O2. The summed E-state index contributed by atoms with van der Waals surface area (Å²) in [6, 6.07) is 0. The van der Waals surface area contributed by atoms with Crippen molar-refractivity contribution in [3.8, 4) is 0 Å². The average Bonchev–Trinajstić information content (AvgIpc) is 2.91. The van der Waals surface area contributed by atoms with Crippen LogP contribution in [0.1, 0.15) is 48.8 Å². The Labute approximate surface area is 101 Å². The van der Waals surface area contributed by atoms with Crippen molar-refractivity contribution in [1.82, 2.24) is 15.0 Å². The first kappa shape index (κ1) is 12.1. The highest BCUT2D eigenvalue weighted by Crippen LogP contribution is 2.26. The first-order chi connectivity index (χ1) is 8.22. The maximum atomic E-state index is 11.6. The fourth-order valence-corrected chi connectivity index (χ4v) is 2.36. The van der Waals surface area contributed by atoms with Gasteiger partial charge in [-0.15, -0.1) is 5.10 Å². The standard InChI is InChI=1S/C12H19N3O2/c1-3-17-12(16)11-9(2)15(14-13-11)8-10-6-4-5-7-10/h10H,3-8H2,1-2H3. The lowest BCUT2D eigenvalue weighted by Crippen LogP contribution is -2.12. The number of hydrogen-bond donors (Lipinski definition) is 0. The van der Waals surface area contributed by atoms with Crippen LogP contribution in [0, 0.1) is 12.8 Å². The summed E-state index contributed by atoms with van der Waals surface area (Å²) in [7, 11) is 0. The smallest absolute Gasteiger partial charge is 0.360 e. The summed E-state index contributed by atoms with van der Waals surface area (Å²) in [5.41, 5.74) is 1.17. The Morgan fingerprint density at radius 2 is 2.18 bits per heavy atom. The number of ether oxygens (including phenoxy) is 1. The summed E-state index contributed by atoms with van der Waals surface area (Å²) in [5.74, 6) is 0.313. The quantitative estimate of drug-likeness (QED) is 0.751. The van der Waals surface area contributed by atoms with Crippen molar-refractivity contribution in [2.75, 3.05) is 6.61 Å². The Hall–Kier alpha value is -1.39. The van der Waals surface area contributed by atoms with Gasteiger partial charge < -0.3 is 4.74 Å². The molecule has 2 rings (SSSR count). The molecule has 1 fully saturated rings. The van der Waals surface area contributed by atoms with E-state index < -0.39 is 0 Å². The van der Waals surface area contributed by atoms with Gasteiger partial charge in [0.1, 0.15) is 0 Å². The Kier molecular flexibility index (Phi) is 3.76. The van der Waals surface area contributed by atoms with Crippen molar-refractivity contribution in [2.24, 2.45) is 5.92 Å². The number of nitrogens with zero attached hydrogens (tertiary/aromatic N) is 3. The van der Waals surface area contributed by atoms with E-state index in [0.717, 1.165) is 12.2 Å². The largest absolute Gasteiger partial charge is 0.461 e. The van der Waals surface area contributed by atoms with E-state index in [9.17, 15) is 4.79 Å². The number of carbonyl (C=O) groups is 1. The average molecular weight is 237 g/mol. The van der Waals surface area contributed by atoms with Gasteiger partial charge in [0, 0.05) is 6.54 Å². The van der Waals surface area contributed by atoms with Gasteiger partial charge in [-0.05, 0) is 32.6 Å². The first-order valence-electron chi connectivity index (χ1n) is 6.29. The van der Waals surface area contributed by atoms with E-state index in [1.165, 1.54) is 25.7 Å². The van der Waals surface area contributed by atoms with Crippen LogP contribution in [0.2, 0.25) is 0 Å². The zero-order valence-electron chi connectivity index (χ0n) is 10.5. The lowest BCUT2D eigenvalue weighted by atomic mass is 10.1. The highest BCUT2D eigenvalue weighted by molar-refractivity contribution is 5.88. The Bertz CT molecular complexity index is 394. The van der Waals surface area contributed by atoms with Gasteiger partial charge in [0.05, 0.1) is 12.3 Å². The fraction of sp³-hybridized carbons (Fsp3) is 0.750. The predicted molar refractivity (Wildman–Crippen MR) is 62.7 cm³/mol. The molecule has 0 atom stereocenters. The molecule has 17 heavy (non-hydrogen) atoms. The van der Waals surface area contributed by atoms with Gasteiger partial charge in [-0.25, -0.2) is 9.48 Å². The summed E-state index contributed by atoms with van der Waals surface area (Å²) >= 11 is 0. The van der Waals surface area contributed by atoms with Crippen molar-refractivity contribution in [3.05, 3.63) is 11.4 Å². The molecule has 0 unspecified atom stereocenters. The second-order valence-electron chi connectivity index (χ2n) is 4.58. The zero-order chi connectivity index (χ0) is 12.3. The van der Waals surface area contributed by atoms with E-state index in [1.807, 2.05) is 11.6 Å². The third kappa shape index (κ3) is 2.65. The molecule has 1 aliphatic rings. The summed E-state index contributed by atoms with van der Waals surface area (Å²) < 4.78 is 6.77. The molecule has 1 aromatic rings. The second kappa shape index (κ2) is 5.29. The molecule has 1 heterocycles. The Balaban J connectivity index is 2.06. The minimum absolute atomic E-state index is 0.352. The molecule has 0 aliphatic heterocycles. The van der Waals surface area contributed by atoms with E-state index in [4.69, 9.17) is 4.74 Å². The third-order valence-electron chi connectivity index (χ3n) is 3.36. The molecule has 0 amide bonds. The molecule has 5 heteroatoms. The van der Waals surface area contributed by atoms with Crippen molar-refractivity contribution >= 4 is 5.97 Å². The molecule has 0 aromatic carbocycles. The lowest BCUT2D eigenvalue weighted by molar-refractivity contribution is 0.0518. The van der Waals surface area contributed by atoms with Gasteiger partial charge in [0.25, 0.3) is 0 Å². The second-order valence-corrected chi connectivity index (χ2v) is 4.58. The number of hydrogen-bond acceptors (Lipinski definition) is 4. The molecule has 1 aromatic heterocycles. The summed E-state index contributed by atoms with van der Waals surface area (Å²) in [5, 5.41) is 7.96. The maximum absolute atomic E-state index is 11.6. The molecule has 0 bridgehead atoms. The van der Waals surface area contributed by atoms with Gasteiger partial charge in [-0.2, -0.15) is 0 Å². The molecule has 0 saturated heterocycles. The normalized spacial score (nSPS) is 16.4. The van der Waals surface area contributed by atoms with E-state index in [2.05, 4.69) is 10.3 Å². The predicted octanol–water partition coefficient (Wildman–Crippen LogP) is 1.95. The minimum Gasteiger partial charge on any atom is -0.461 e. The van der Waals surface area contributed by atoms with E-state index >= 15 is 0 Å². The monoisotopic (exact) mass is 237 g/mol. The van der Waals surface area contributed by atoms with E-state index in [-0.39, 0.29) is 5.97 Å². The van der Waals surface area contributed by atoms with Gasteiger partial charge in [0.15, 0.2) is 5.69 Å². The number of carbonyl (C=O) groups excluding carboxylic acids is 1. The topological polar surface area (TPSA) is 57.0 Å². The third-order valence-corrected chi connectivity index (χ3v) is 3.36. The Morgan fingerprint density at radius 1 is 1.47 bits per heavy atom. The van der Waals surface area contributed by atoms with Crippen molar-refractivity contribution in [3.63, 3.8) is 0 Å². The van der Waals surface area contributed by atoms with Crippen LogP contribution in [-0.2, 0) is 11.3 Å². The minimum atomic E-state index is -0.373. The van der Waals surface area contributed by atoms with Crippen molar-refractivity contribution in [2.45, 2.75) is 46.1 Å². The van der Waals surface area contributed by atoms with Gasteiger partial charge >= 0.3 is 5.97 Å². The van der Waals surface area contributed by atoms with Crippen LogP contribution in [0.15, 0.2) is 0 Å². The summed E-state index contributed by atoms with van der Waals surface area (Å²) in [6.07, 6.45) is 5.13. The summed E-state index contributed by atoms with van der Waals surface area (Å²) in [4.78, 5) is 11.6. The lowest BCUT2D eigenvalue weighted by Gasteiger charge is -2.09. The van der Waals surface area contributed by atoms with Crippen molar-refractivity contribution < 1.29 is 9.53 Å². The van der Waals surface area contributed by atoms with Crippen LogP contribution >= 0.6 is 0 Å². The number of aromatic nitrogens is 3. The maximum Gasteiger partial charge on any atom is 0.360 e. The highest BCUT2D eigenvalue weighted by Gasteiger charge is 2.21. The van der Waals surface area contributed by atoms with Crippen LogP contribution in [0.4, 0.5) is 0 Å². The first-order valence-corrected chi connectivity index (χ1v) is 6.29. The zero-order valence-corrected chi connectivity index (χ0v) is 10.5. The highest BCUT2D eigenvalue weighted by atomic mass is 16.5. The number of esters is 1. The van der Waals surface area contributed by atoms with E-state index in [1.54, 1.807) is 6.92 Å². The molecular weight excluding hydrogens is 218 g/mol. The molecule has 1 saturated carbocycles. The summed E-state index contributed by atoms with van der Waals surface area (Å²) in [6.45, 7) is 4.91. The Morgan fingerprint density at radius 3 is 2.82 bits per heavy atom. The van der Waals surface area contributed by atoms with Gasteiger partial charge in [-0.1, -0.05) is 18.1 Å². The number of rotatable bonds is 4. The molecule has 0 N–H and O–H groups in total. The van der Waals surface area contributed by atoms with Crippen LogP contribution in [0.3, 0.4) is 0 Å². The molecule has 0 radical (unpaired) electrons. The fourth-order valence-electron chi connectivity index (χ4n) is 2.36. The van der Waals surface area contributed by atoms with Crippen LogP contribution in [-0.4, -0.2) is 27.6 Å². The van der Waals surface area contributed by atoms with Crippen LogP contribution in [0.25, 0.3) is 0 Å². The van der Waals surface area contributed by atoms with Crippen LogP contribution < -0.4 is 0 Å². The SMILES string of the molecule is CCOC(=O)c1nnn(CC2CCCC2)c1C. The molecule has 94 valence electrons. The van der Waals surface area contributed by atoms with Crippen LogP contribution in [0.5, 0.6) is 0 Å². The van der Waals surface area contributed by atoms with Crippen molar-refractivity contribution in [1.29, 1.82) is 0 Å². The molecule has 0 spiro atoms. The van der Waals surface area contributed by atoms with Gasteiger partial charge in [-0.3, -0.25) is 0 Å². The molecule has 1 aliphatic carbocycles. The van der Waals surface area contributed by atoms with Gasteiger partial charge in [0.2, 0.25) is 0 Å².